The number of aryl methyl sites for hydroxylation is 1. The highest BCUT2D eigenvalue weighted by Crippen LogP contribution is 2.25. The van der Waals surface area contributed by atoms with Gasteiger partial charge in [0.2, 0.25) is 0 Å². The molecule has 0 saturated carbocycles. The van der Waals surface area contributed by atoms with Crippen LogP contribution in [0.1, 0.15) is 51.3 Å². The first kappa shape index (κ1) is 17.1. The van der Waals surface area contributed by atoms with E-state index in [0.717, 1.165) is 51.1 Å². The molecule has 2 heterocycles. The Labute approximate surface area is 134 Å². The summed E-state index contributed by atoms with van der Waals surface area (Å²) in [4.78, 5) is 2.44. The summed E-state index contributed by atoms with van der Waals surface area (Å²) in [5, 5.41) is 19.4. The van der Waals surface area contributed by atoms with E-state index in [4.69, 9.17) is 5.26 Å². The second-order valence-corrected chi connectivity index (χ2v) is 6.94. The zero-order valence-electron chi connectivity index (χ0n) is 14.1. The van der Waals surface area contributed by atoms with Gasteiger partial charge in [-0.25, -0.2) is 0 Å². The summed E-state index contributed by atoms with van der Waals surface area (Å²) in [6, 6.07) is 4.26. The third kappa shape index (κ3) is 4.34. The second-order valence-electron chi connectivity index (χ2n) is 6.94. The van der Waals surface area contributed by atoms with Crippen LogP contribution in [0.2, 0.25) is 0 Å². The summed E-state index contributed by atoms with van der Waals surface area (Å²) in [5.74, 6) is 1.01. The Balaban J connectivity index is 1.85. The molecule has 1 N–H and O–H groups in total. The average Bonchev–Trinajstić information content (AvgIpc) is 2.89. The zero-order valence-corrected chi connectivity index (χ0v) is 14.1. The SMILES string of the molecule is CCn1cc(CN2CCC([C@H](O)CC(C)C)CC2)cc1C#N. The van der Waals surface area contributed by atoms with Gasteiger partial charge in [-0.15, -0.1) is 0 Å². The predicted molar refractivity (Wildman–Crippen MR) is 88.3 cm³/mol. The van der Waals surface area contributed by atoms with Crippen molar-refractivity contribution in [3.8, 4) is 6.07 Å². The molecular weight excluding hydrogens is 274 g/mol. The van der Waals surface area contributed by atoms with E-state index < -0.39 is 0 Å². The fourth-order valence-corrected chi connectivity index (χ4v) is 3.44. The molecule has 122 valence electrons. The van der Waals surface area contributed by atoms with Crippen molar-refractivity contribution >= 4 is 0 Å². The van der Waals surface area contributed by atoms with Gasteiger partial charge in [0.25, 0.3) is 0 Å². The number of aliphatic hydroxyl groups is 1. The highest BCUT2D eigenvalue weighted by Gasteiger charge is 2.25. The molecule has 4 nitrogen and oxygen atoms in total. The number of rotatable bonds is 6. The van der Waals surface area contributed by atoms with E-state index >= 15 is 0 Å². The van der Waals surface area contributed by atoms with E-state index in [1.165, 1.54) is 5.56 Å². The summed E-state index contributed by atoms with van der Waals surface area (Å²) < 4.78 is 2.01. The monoisotopic (exact) mass is 303 g/mol. The van der Waals surface area contributed by atoms with Gasteiger partial charge in [-0.2, -0.15) is 5.26 Å². The van der Waals surface area contributed by atoms with E-state index in [1.54, 1.807) is 0 Å². The van der Waals surface area contributed by atoms with Crippen molar-refractivity contribution in [1.29, 1.82) is 5.26 Å². The number of hydrogen-bond acceptors (Lipinski definition) is 3. The van der Waals surface area contributed by atoms with Crippen molar-refractivity contribution in [3.05, 3.63) is 23.5 Å². The van der Waals surface area contributed by atoms with Gasteiger partial charge in [0, 0.05) is 19.3 Å². The van der Waals surface area contributed by atoms with Crippen LogP contribution in [0.25, 0.3) is 0 Å². The molecule has 1 saturated heterocycles. The Morgan fingerprint density at radius 3 is 2.55 bits per heavy atom. The lowest BCUT2D eigenvalue weighted by Gasteiger charge is -2.34. The van der Waals surface area contributed by atoms with E-state index in [2.05, 4.69) is 37.9 Å². The molecule has 1 fully saturated rings. The van der Waals surface area contributed by atoms with Gasteiger partial charge in [-0.3, -0.25) is 4.90 Å². The third-order valence-electron chi connectivity index (χ3n) is 4.70. The lowest BCUT2D eigenvalue weighted by atomic mass is 9.87. The van der Waals surface area contributed by atoms with Crippen molar-refractivity contribution in [2.45, 2.75) is 59.2 Å². The van der Waals surface area contributed by atoms with Gasteiger partial charge >= 0.3 is 0 Å². The molecule has 1 aromatic heterocycles. The van der Waals surface area contributed by atoms with Gasteiger partial charge in [-0.05, 0) is 62.7 Å². The number of likely N-dealkylation sites (tertiary alicyclic amines) is 1. The largest absolute Gasteiger partial charge is 0.393 e. The van der Waals surface area contributed by atoms with Gasteiger partial charge in [-0.1, -0.05) is 13.8 Å². The number of aromatic nitrogens is 1. The maximum atomic E-state index is 10.3. The molecule has 0 radical (unpaired) electrons. The van der Waals surface area contributed by atoms with Crippen molar-refractivity contribution in [1.82, 2.24) is 9.47 Å². The maximum Gasteiger partial charge on any atom is 0.120 e. The quantitative estimate of drug-likeness (QED) is 0.879. The molecule has 22 heavy (non-hydrogen) atoms. The lowest BCUT2D eigenvalue weighted by molar-refractivity contribution is 0.0436. The topological polar surface area (TPSA) is 52.2 Å². The minimum Gasteiger partial charge on any atom is -0.393 e. The Kier molecular flexibility index (Phi) is 6.05. The summed E-state index contributed by atoms with van der Waals surface area (Å²) in [6.07, 6.45) is 5.02. The third-order valence-corrected chi connectivity index (χ3v) is 4.70. The molecule has 1 aliphatic rings. The van der Waals surface area contributed by atoms with Gasteiger partial charge in [0.15, 0.2) is 0 Å². The molecule has 4 heteroatoms. The first-order valence-corrected chi connectivity index (χ1v) is 8.53. The Hall–Kier alpha value is -1.31. The van der Waals surface area contributed by atoms with Crippen LogP contribution in [-0.4, -0.2) is 33.8 Å². The summed E-state index contributed by atoms with van der Waals surface area (Å²) in [6.45, 7) is 10.2. The molecule has 1 aliphatic heterocycles. The standard InChI is InChI=1S/C18H29N3O/c1-4-21-13-15(10-17(21)11-19)12-20-7-5-16(6-8-20)18(22)9-14(2)3/h10,13-14,16,18,22H,4-9,12H2,1-3H3/t18-/m1/s1. The van der Waals surface area contributed by atoms with E-state index in [1.807, 2.05) is 10.6 Å². The van der Waals surface area contributed by atoms with Crippen LogP contribution < -0.4 is 0 Å². The fourth-order valence-electron chi connectivity index (χ4n) is 3.44. The van der Waals surface area contributed by atoms with Crippen LogP contribution in [0, 0.1) is 23.2 Å². The molecule has 0 bridgehead atoms. The minimum atomic E-state index is -0.145. The second kappa shape index (κ2) is 7.80. The van der Waals surface area contributed by atoms with Crippen molar-refractivity contribution in [2.24, 2.45) is 11.8 Å². The first-order valence-electron chi connectivity index (χ1n) is 8.53. The number of piperidine rings is 1. The van der Waals surface area contributed by atoms with Gasteiger partial charge in [0.1, 0.15) is 11.8 Å². The molecular formula is C18H29N3O. The molecule has 0 amide bonds. The van der Waals surface area contributed by atoms with Crippen LogP contribution >= 0.6 is 0 Å². The number of aliphatic hydroxyl groups excluding tert-OH is 1. The molecule has 0 unspecified atom stereocenters. The van der Waals surface area contributed by atoms with Crippen molar-refractivity contribution < 1.29 is 5.11 Å². The summed E-state index contributed by atoms with van der Waals surface area (Å²) in [5.41, 5.74) is 1.97. The lowest BCUT2D eigenvalue weighted by Crippen LogP contribution is -2.37. The van der Waals surface area contributed by atoms with Crippen molar-refractivity contribution in [2.75, 3.05) is 13.1 Å². The normalized spacial score (nSPS) is 18.5. The Bertz CT molecular complexity index is 507. The van der Waals surface area contributed by atoms with Crippen LogP contribution in [0.15, 0.2) is 12.3 Å². The van der Waals surface area contributed by atoms with Gasteiger partial charge < -0.3 is 9.67 Å². The fraction of sp³-hybridized carbons (Fsp3) is 0.722. The van der Waals surface area contributed by atoms with E-state index in [-0.39, 0.29) is 6.10 Å². The van der Waals surface area contributed by atoms with E-state index in [0.29, 0.717) is 11.8 Å². The number of nitriles is 1. The van der Waals surface area contributed by atoms with Crippen LogP contribution in [-0.2, 0) is 13.1 Å². The Morgan fingerprint density at radius 1 is 1.36 bits per heavy atom. The molecule has 1 aromatic rings. The smallest absolute Gasteiger partial charge is 0.120 e. The summed E-state index contributed by atoms with van der Waals surface area (Å²) in [7, 11) is 0. The summed E-state index contributed by atoms with van der Waals surface area (Å²) >= 11 is 0. The highest BCUT2D eigenvalue weighted by atomic mass is 16.3. The maximum absolute atomic E-state index is 10.3. The molecule has 1 atom stereocenters. The van der Waals surface area contributed by atoms with Gasteiger partial charge in [0.05, 0.1) is 6.10 Å². The first-order chi connectivity index (χ1) is 10.5. The number of hydrogen-bond donors (Lipinski definition) is 1. The molecule has 0 aromatic carbocycles. The van der Waals surface area contributed by atoms with Crippen LogP contribution in [0.5, 0.6) is 0 Å². The van der Waals surface area contributed by atoms with E-state index in [9.17, 15) is 5.11 Å². The van der Waals surface area contributed by atoms with Crippen molar-refractivity contribution in [3.63, 3.8) is 0 Å². The highest BCUT2D eigenvalue weighted by molar-refractivity contribution is 5.28. The van der Waals surface area contributed by atoms with Crippen LogP contribution in [0.4, 0.5) is 0 Å². The van der Waals surface area contributed by atoms with Crippen LogP contribution in [0.3, 0.4) is 0 Å². The molecule has 0 spiro atoms. The Morgan fingerprint density at radius 2 is 2.05 bits per heavy atom. The average molecular weight is 303 g/mol. The predicted octanol–water partition coefficient (Wildman–Crippen LogP) is 3.00. The zero-order chi connectivity index (χ0) is 16.1. The molecule has 0 aliphatic carbocycles. The number of nitrogens with zero attached hydrogens (tertiary/aromatic N) is 3. The molecule has 2 rings (SSSR count). The minimum absolute atomic E-state index is 0.145.